The monoisotopic (exact) mass is 655 g/mol. The van der Waals surface area contributed by atoms with Crippen LogP contribution in [-0.2, 0) is 24.2 Å². The van der Waals surface area contributed by atoms with Crippen LogP contribution in [0.5, 0.6) is 17.2 Å². The highest BCUT2D eigenvalue weighted by molar-refractivity contribution is 7.93. The van der Waals surface area contributed by atoms with E-state index in [0.29, 0.717) is 59.5 Å². The number of benzene rings is 2. The van der Waals surface area contributed by atoms with Gasteiger partial charge in [-0.15, -0.1) is 0 Å². The van der Waals surface area contributed by atoms with E-state index in [-0.39, 0.29) is 34.5 Å². The molecule has 2 aliphatic heterocycles. The van der Waals surface area contributed by atoms with Crippen LogP contribution in [0.25, 0.3) is 11.0 Å². The molecule has 2 atom stereocenters. The van der Waals surface area contributed by atoms with E-state index in [9.17, 15) is 8.42 Å². The first-order valence-corrected chi connectivity index (χ1v) is 16.8. The molecule has 246 valence electrons. The second-order valence-electron chi connectivity index (χ2n) is 11.5. The standard InChI is InChI=1S/C31H37N5O9S/c1-39-24-14-20-23(15-21(24)32-28-16-22(18-7-8-18)36(33-28)29-6-4-5-9-44-29)45-34-31(20)35-46(37,38)30-25(40-2)12-19(13-26(30)41-3)27-17-42-10-11-43-27/h12-16,18,27,29H,4-11,17H2,1-3H3,(H,32,33)(H,34,35)/t27-,29?/m1/s1. The third kappa shape index (κ3) is 5.95. The number of aromatic nitrogens is 3. The van der Waals surface area contributed by atoms with Crippen LogP contribution >= 0.6 is 0 Å². The number of ether oxygens (including phenoxy) is 6. The van der Waals surface area contributed by atoms with Crippen molar-refractivity contribution in [2.75, 3.05) is 57.8 Å². The molecule has 4 heterocycles. The predicted molar refractivity (Wildman–Crippen MR) is 167 cm³/mol. The molecular formula is C31H37N5O9S. The molecule has 1 saturated carbocycles. The number of nitrogens with zero attached hydrogens (tertiary/aromatic N) is 3. The Labute approximate surface area is 266 Å². The minimum atomic E-state index is -4.28. The van der Waals surface area contributed by atoms with Crippen LogP contribution in [0.3, 0.4) is 0 Å². The molecule has 0 spiro atoms. The van der Waals surface area contributed by atoms with Crippen LogP contribution in [-0.4, -0.2) is 71.1 Å². The number of anilines is 3. The summed E-state index contributed by atoms with van der Waals surface area (Å²) in [7, 11) is 0.0341. The Kier molecular flexibility index (Phi) is 8.40. The van der Waals surface area contributed by atoms with E-state index in [2.05, 4.69) is 21.3 Å². The average Bonchev–Trinajstić information content (AvgIpc) is 3.75. The molecule has 1 unspecified atom stereocenters. The molecule has 46 heavy (non-hydrogen) atoms. The minimum Gasteiger partial charge on any atom is -0.495 e. The van der Waals surface area contributed by atoms with Gasteiger partial charge in [0, 0.05) is 30.4 Å². The van der Waals surface area contributed by atoms with E-state index in [0.717, 1.165) is 44.4 Å². The van der Waals surface area contributed by atoms with Gasteiger partial charge in [0.2, 0.25) is 0 Å². The van der Waals surface area contributed by atoms with Crippen molar-refractivity contribution in [3.8, 4) is 17.2 Å². The van der Waals surface area contributed by atoms with Crippen LogP contribution in [0.2, 0.25) is 0 Å². The summed E-state index contributed by atoms with van der Waals surface area (Å²) in [6.07, 6.45) is 4.91. The van der Waals surface area contributed by atoms with E-state index in [1.807, 2.05) is 4.68 Å². The predicted octanol–water partition coefficient (Wildman–Crippen LogP) is 5.26. The van der Waals surface area contributed by atoms with Crippen molar-refractivity contribution in [2.24, 2.45) is 0 Å². The zero-order chi connectivity index (χ0) is 31.8. The first-order chi connectivity index (χ1) is 22.4. The zero-order valence-corrected chi connectivity index (χ0v) is 26.7. The second-order valence-corrected chi connectivity index (χ2v) is 13.1. The summed E-state index contributed by atoms with van der Waals surface area (Å²) in [4.78, 5) is -0.191. The van der Waals surface area contributed by atoms with Crippen molar-refractivity contribution in [3.05, 3.63) is 41.6 Å². The molecule has 7 rings (SSSR count). The van der Waals surface area contributed by atoms with Gasteiger partial charge in [-0.3, -0.25) is 4.72 Å². The third-order valence-electron chi connectivity index (χ3n) is 8.41. The lowest BCUT2D eigenvalue weighted by Gasteiger charge is -2.25. The summed E-state index contributed by atoms with van der Waals surface area (Å²) >= 11 is 0. The first kappa shape index (κ1) is 30.6. The van der Waals surface area contributed by atoms with E-state index >= 15 is 0 Å². The van der Waals surface area contributed by atoms with E-state index in [4.69, 9.17) is 38.0 Å². The highest BCUT2D eigenvalue weighted by Gasteiger charge is 2.33. The van der Waals surface area contributed by atoms with E-state index < -0.39 is 10.0 Å². The Hall–Kier alpha value is -4.05. The lowest BCUT2D eigenvalue weighted by molar-refractivity contribution is -0.0902. The fourth-order valence-corrected chi connectivity index (χ4v) is 7.27. The van der Waals surface area contributed by atoms with Gasteiger partial charge in [-0.2, -0.15) is 5.10 Å². The van der Waals surface area contributed by atoms with Crippen LogP contribution in [0, 0.1) is 0 Å². The zero-order valence-electron chi connectivity index (χ0n) is 25.9. The fraction of sp³-hybridized carbons (Fsp3) is 0.484. The van der Waals surface area contributed by atoms with Gasteiger partial charge < -0.3 is 38.3 Å². The Morgan fingerprint density at radius 3 is 2.33 bits per heavy atom. The molecule has 1 aliphatic carbocycles. The molecule has 15 heteroatoms. The average molecular weight is 656 g/mol. The molecular weight excluding hydrogens is 618 g/mol. The maximum Gasteiger partial charge on any atom is 0.270 e. The number of sulfonamides is 1. The molecule has 2 aromatic carbocycles. The van der Waals surface area contributed by atoms with Gasteiger partial charge >= 0.3 is 0 Å². The number of nitrogens with one attached hydrogen (secondary N) is 2. The lowest BCUT2D eigenvalue weighted by atomic mass is 10.1. The Bertz CT molecular complexity index is 1800. The number of rotatable bonds is 11. The molecule has 3 fully saturated rings. The fourth-order valence-electron chi connectivity index (χ4n) is 5.95. The molecule has 14 nitrogen and oxygen atoms in total. The van der Waals surface area contributed by atoms with Crippen molar-refractivity contribution in [3.63, 3.8) is 0 Å². The highest BCUT2D eigenvalue weighted by Crippen LogP contribution is 2.44. The van der Waals surface area contributed by atoms with Crippen LogP contribution < -0.4 is 24.2 Å². The summed E-state index contributed by atoms with van der Waals surface area (Å²) in [5.41, 5.74) is 2.75. The normalized spacial score (nSPS) is 20.4. The smallest absolute Gasteiger partial charge is 0.270 e. The summed E-state index contributed by atoms with van der Waals surface area (Å²) in [5, 5.41) is 12.6. The number of hydrogen-bond donors (Lipinski definition) is 2. The molecule has 2 aromatic heterocycles. The summed E-state index contributed by atoms with van der Waals surface area (Å²) in [6, 6.07) is 8.63. The van der Waals surface area contributed by atoms with Crippen molar-refractivity contribution >= 4 is 38.3 Å². The quantitative estimate of drug-likeness (QED) is 0.216. The maximum absolute atomic E-state index is 13.8. The van der Waals surface area contributed by atoms with Crippen molar-refractivity contribution in [2.45, 2.75) is 55.2 Å². The van der Waals surface area contributed by atoms with Crippen molar-refractivity contribution in [1.29, 1.82) is 0 Å². The van der Waals surface area contributed by atoms with Gasteiger partial charge in [0.1, 0.15) is 23.4 Å². The molecule has 0 bridgehead atoms. The number of hydrogen-bond acceptors (Lipinski definition) is 12. The maximum atomic E-state index is 13.8. The molecule has 4 aromatic rings. The third-order valence-corrected chi connectivity index (χ3v) is 9.82. The van der Waals surface area contributed by atoms with Crippen LogP contribution in [0.4, 0.5) is 17.3 Å². The summed E-state index contributed by atoms with van der Waals surface area (Å²) in [6.45, 7) is 1.99. The minimum absolute atomic E-state index is 0.0215. The van der Waals surface area contributed by atoms with Crippen LogP contribution in [0.1, 0.15) is 61.6 Å². The van der Waals surface area contributed by atoms with Gasteiger partial charge in [-0.25, -0.2) is 13.1 Å². The molecule has 2 N–H and O–H groups in total. The Morgan fingerprint density at radius 1 is 0.891 bits per heavy atom. The largest absolute Gasteiger partial charge is 0.495 e. The molecule has 2 saturated heterocycles. The van der Waals surface area contributed by atoms with Gasteiger partial charge in [0.25, 0.3) is 10.0 Å². The SMILES string of the molecule is COc1cc2c(NS(=O)(=O)c3c(OC)cc([C@H]4COCCO4)cc3OC)noc2cc1Nc1cc(C2CC2)n(C2CCCCO2)n1. The summed E-state index contributed by atoms with van der Waals surface area (Å²) in [5.74, 6) is 1.72. The Morgan fingerprint density at radius 2 is 1.67 bits per heavy atom. The van der Waals surface area contributed by atoms with E-state index in [1.54, 1.807) is 24.3 Å². The van der Waals surface area contributed by atoms with Gasteiger partial charge in [0.05, 0.1) is 52.2 Å². The Balaban J connectivity index is 1.17. The topological polar surface area (TPSA) is 157 Å². The highest BCUT2D eigenvalue weighted by atomic mass is 32.2. The van der Waals surface area contributed by atoms with Crippen molar-refractivity contribution < 1.29 is 41.4 Å². The number of fused-ring (bicyclic) bond motifs is 1. The van der Waals surface area contributed by atoms with Crippen LogP contribution in [0.15, 0.2) is 39.8 Å². The summed E-state index contributed by atoms with van der Waals surface area (Å²) < 4.78 is 71.8. The number of methoxy groups -OCH3 is 3. The van der Waals surface area contributed by atoms with Gasteiger partial charge in [-0.1, -0.05) is 5.16 Å². The van der Waals surface area contributed by atoms with Crippen molar-refractivity contribution in [1.82, 2.24) is 14.9 Å². The van der Waals surface area contributed by atoms with Gasteiger partial charge in [-0.05, 0) is 55.9 Å². The molecule has 0 radical (unpaired) electrons. The lowest BCUT2D eigenvalue weighted by Crippen LogP contribution is -2.22. The second kappa shape index (κ2) is 12.6. The van der Waals surface area contributed by atoms with E-state index in [1.165, 1.54) is 21.3 Å². The first-order valence-electron chi connectivity index (χ1n) is 15.3. The molecule has 0 amide bonds. The molecule has 3 aliphatic rings. The van der Waals surface area contributed by atoms with Gasteiger partial charge in [0.15, 0.2) is 28.3 Å².